The molecule has 3 aromatic heterocycles. The number of carbonyl (C=O) groups excluding carboxylic acids is 1. The van der Waals surface area contributed by atoms with Gasteiger partial charge in [0.05, 0.1) is 12.0 Å². The summed E-state index contributed by atoms with van der Waals surface area (Å²) in [7, 11) is 1.63. The van der Waals surface area contributed by atoms with Crippen LogP contribution in [0.1, 0.15) is 5.56 Å². The molecule has 1 aromatic carbocycles. The molecule has 0 atom stereocenters. The van der Waals surface area contributed by atoms with E-state index in [-0.39, 0.29) is 5.91 Å². The molecule has 0 aliphatic rings. The molecule has 1 amide bonds. The number of imidazole rings is 1. The second-order valence-electron chi connectivity index (χ2n) is 6.22. The predicted octanol–water partition coefficient (Wildman–Crippen LogP) is 3.12. The van der Waals surface area contributed by atoms with Crippen LogP contribution in [0.3, 0.4) is 0 Å². The zero-order valence-corrected chi connectivity index (χ0v) is 16.6. The molecule has 0 unspecified atom stereocenters. The maximum Gasteiger partial charge on any atom is 0.224 e. The first kappa shape index (κ1) is 18.1. The van der Waals surface area contributed by atoms with Crippen molar-refractivity contribution in [3.63, 3.8) is 0 Å². The molecule has 0 fully saturated rings. The highest BCUT2D eigenvalue weighted by Crippen LogP contribution is 2.31. The normalized spacial score (nSPS) is 10.9. The number of halogens is 1. The summed E-state index contributed by atoms with van der Waals surface area (Å²) in [6.07, 6.45) is 3.71. The SMILES string of the molecule is CNC(=O)Cc1ccc(-n2c(-c3cccnc3N)nc3cc(Br)cnc32)cc1. The Kier molecular flexibility index (Phi) is 4.79. The largest absolute Gasteiger partial charge is 0.383 e. The van der Waals surface area contributed by atoms with Crippen molar-refractivity contribution >= 4 is 38.8 Å². The highest BCUT2D eigenvalue weighted by molar-refractivity contribution is 9.10. The molecule has 4 rings (SSSR count). The molecule has 0 aliphatic carbocycles. The molecule has 3 N–H and O–H groups in total. The van der Waals surface area contributed by atoms with Gasteiger partial charge in [0.25, 0.3) is 0 Å². The third kappa shape index (κ3) is 3.34. The Hall–Kier alpha value is -3.26. The Bertz CT molecular complexity index is 1170. The number of benzene rings is 1. The summed E-state index contributed by atoms with van der Waals surface area (Å²) in [6.45, 7) is 0. The zero-order valence-electron chi connectivity index (χ0n) is 15.1. The predicted molar refractivity (Wildman–Crippen MR) is 112 cm³/mol. The summed E-state index contributed by atoms with van der Waals surface area (Å²) in [5.41, 5.74) is 10.1. The number of anilines is 1. The molecule has 0 bridgehead atoms. The Morgan fingerprint density at radius 1 is 1.21 bits per heavy atom. The number of hydrogen-bond acceptors (Lipinski definition) is 5. The van der Waals surface area contributed by atoms with E-state index in [9.17, 15) is 4.79 Å². The fourth-order valence-corrected chi connectivity index (χ4v) is 3.33. The first-order valence-corrected chi connectivity index (χ1v) is 9.41. The van der Waals surface area contributed by atoms with Crippen LogP contribution >= 0.6 is 15.9 Å². The number of nitrogens with zero attached hydrogens (tertiary/aromatic N) is 4. The van der Waals surface area contributed by atoms with E-state index in [2.05, 4.69) is 31.2 Å². The Balaban J connectivity index is 1.89. The van der Waals surface area contributed by atoms with Gasteiger partial charge in [-0.2, -0.15) is 0 Å². The van der Waals surface area contributed by atoms with Crippen LogP contribution in [-0.4, -0.2) is 32.5 Å². The van der Waals surface area contributed by atoms with Crippen molar-refractivity contribution in [2.24, 2.45) is 0 Å². The third-order valence-electron chi connectivity index (χ3n) is 4.38. The minimum Gasteiger partial charge on any atom is -0.383 e. The van der Waals surface area contributed by atoms with E-state index in [1.54, 1.807) is 19.4 Å². The van der Waals surface area contributed by atoms with Gasteiger partial charge in [0, 0.05) is 29.6 Å². The van der Waals surface area contributed by atoms with Gasteiger partial charge in [-0.15, -0.1) is 0 Å². The minimum absolute atomic E-state index is 0.0313. The Labute approximate surface area is 169 Å². The standard InChI is InChI=1S/C20H17BrN6O/c1-23-17(28)9-12-4-6-14(7-5-12)27-19(15-3-2-8-24-18(15)22)26-16-10-13(21)11-25-20(16)27/h2-8,10-11H,9H2,1H3,(H2,22,24)(H,23,28). The molecule has 140 valence electrons. The van der Waals surface area contributed by atoms with Gasteiger partial charge >= 0.3 is 0 Å². The maximum absolute atomic E-state index is 11.6. The lowest BCUT2D eigenvalue weighted by Crippen LogP contribution is -2.19. The van der Waals surface area contributed by atoms with Crippen molar-refractivity contribution in [2.45, 2.75) is 6.42 Å². The highest BCUT2D eigenvalue weighted by Gasteiger charge is 2.18. The number of rotatable bonds is 4. The number of hydrogen-bond donors (Lipinski definition) is 2. The van der Waals surface area contributed by atoms with Crippen LogP contribution in [0, 0.1) is 0 Å². The van der Waals surface area contributed by atoms with Gasteiger partial charge in [0.2, 0.25) is 5.91 Å². The summed E-state index contributed by atoms with van der Waals surface area (Å²) in [5, 5.41) is 2.63. The monoisotopic (exact) mass is 436 g/mol. The molecular weight excluding hydrogens is 420 g/mol. The fourth-order valence-electron chi connectivity index (χ4n) is 3.01. The van der Waals surface area contributed by atoms with E-state index in [0.717, 1.165) is 26.8 Å². The molecule has 28 heavy (non-hydrogen) atoms. The molecule has 7 nitrogen and oxygen atoms in total. The van der Waals surface area contributed by atoms with E-state index < -0.39 is 0 Å². The van der Waals surface area contributed by atoms with Crippen molar-refractivity contribution in [1.82, 2.24) is 24.8 Å². The lowest BCUT2D eigenvalue weighted by atomic mass is 10.1. The van der Waals surface area contributed by atoms with Gasteiger partial charge in [0.15, 0.2) is 11.5 Å². The molecule has 0 saturated heterocycles. The van der Waals surface area contributed by atoms with E-state index in [1.807, 2.05) is 47.0 Å². The molecular formula is C20H17BrN6O. The maximum atomic E-state index is 11.6. The van der Waals surface area contributed by atoms with Crippen molar-refractivity contribution in [3.05, 3.63) is 64.9 Å². The number of nitrogen functional groups attached to an aromatic ring is 1. The van der Waals surface area contributed by atoms with E-state index in [4.69, 9.17) is 10.7 Å². The molecule has 3 heterocycles. The third-order valence-corrected chi connectivity index (χ3v) is 4.81. The lowest BCUT2D eigenvalue weighted by molar-refractivity contribution is -0.119. The number of likely N-dealkylation sites (N-methyl/N-ethyl adjacent to an activating group) is 1. The van der Waals surface area contributed by atoms with Gasteiger partial charge in [-0.05, 0) is 51.8 Å². The number of aromatic nitrogens is 4. The van der Waals surface area contributed by atoms with Crippen LogP contribution in [0.5, 0.6) is 0 Å². The molecule has 4 aromatic rings. The molecule has 0 aliphatic heterocycles. The van der Waals surface area contributed by atoms with Crippen LogP contribution in [-0.2, 0) is 11.2 Å². The number of pyridine rings is 2. The average Bonchev–Trinajstić information content (AvgIpc) is 3.07. The van der Waals surface area contributed by atoms with Gasteiger partial charge < -0.3 is 11.1 Å². The molecule has 0 radical (unpaired) electrons. The number of fused-ring (bicyclic) bond motifs is 1. The van der Waals surface area contributed by atoms with Crippen LogP contribution < -0.4 is 11.1 Å². The molecule has 0 spiro atoms. The summed E-state index contributed by atoms with van der Waals surface area (Å²) in [6, 6.07) is 13.4. The molecule has 0 saturated carbocycles. The minimum atomic E-state index is -0.0313. The molecule has 8 heteroatoms. The Morgan fingerprint density at radius 2 is 2.00 bits per heavy atom. The van der Waals surface area contributed by atoms with Crippen molar-refractivity contribution in [2.75, 3.05) is 12.8 Å². The Morgan fingerprint density at radius 3 is 2.71 bits per heavy atom. The fraction of sp³-hybridized carbons (Fsp3) is 0.100. The number of nitrogens with one attached hydrogen (secondary N) is 1. The quantitative estimate of drug-likeness (QED) is 0.511. The van der Waals surface area contributed by atoms with Gasteiger partial charge in [-0.3, -0.25) is 9.36 Å². The lowest BCUT2D eigenvalue weighted by Gasteiger charge is -2.11. The van der Waals surface area contributed by atoms with E-state index >= 15 is 0 Å². The average molecular weight is 437 g/mol. The number of carbonyl (C=O) groups is 1. The topological polar surface area (TPSA) is 98.7 Å². The van der Waals surface area contributed by atoms with Crippen molar-refractivity contribution in [3.8, 4) is 17.1 Å². The first-order valence-electron chi connectivity index (χ1n) is 8.61. The van der Waals surface area contributed by atoms with Crippen molar-refractivity contribution in [1.29, 1.82) is 0 Å². The number of nitrogens with two attached hydrogens (primary N) is 1. The first-order chi connectivity index (χ1) is 13.6. The second-order valence-corrected chi connectivity index (χ2v) is 7.14. The van der Waals surface area contributed by atoms with Crippen LogP contribution in [0.2, 0.25) is 0 Å². The van der Waals surface area contributed by atoms with Gasteiger partial charge in [-0.1, -0.05) is 12.1 Å². The smallest absolute Gasteiger partial charge is 0.224 e. The van der Waals surface area contributed by atoms with Crippen LogP contribution in [0.4, 0.5) is 5.82 Å². The summed E-state index contributed by atoms with van der Waals surface area (Å²) in [5.74, 6) is 1.02. The van der Waals surface area contributed by atoms with Gasteiger partial charge in [-0.25, -0.2) is 15.0 Å². The van der Waals surface area contributed by atoms with E-state index in [1.165, 1.54) is 0 Å². The summed E-state index contributed by atoms with van der Waals surface area (Å²) in [4.78, 5) is 25.1. The highest BCUT2D eigenvalue weighted by atomic mass is 79.9. The van der Waals surface area contributed by atoms with Crippen molar-refractivity contribution < 1.29 is 4.79 Å². The van der Waals surface area contributed by atoms with Gasteiger partial charge in [0.1, 0.15) is 11.3 Å². The second kappa shape index (κ2) is 7.40. The van der Waals surface area contributed by atoms with Crippen LogP contribution in [0.25, 0.3) is 28.2 Å². The summed E-state index contributed by atoms with van der Waals surface area (Å²) < 4.78 is 2.79. The van der Waals surface area contributed by atoms with Crippen LogP contribution in [0.15, 0.2) is 59.3 Å². The zero-order chi connectivity index (χ0) is 19.7. The number of amides is 1. The van der Waals surface area contributed by atoms with E-state index in [0.29, 0.717) is 23.7 Å². The summed E-state index contributed by atoms with van der Waals surface area (Å²) >= 11 is 3.45.